The van der Waals surface area contributed by atoms with Crippen LogP contribution < -0.4 is 4.74 Å². The first-order valence-electron chi connectivity index (χ1n) is 8.08. The van der Waals surface area contributed by atoms with E-state index in [1.54, 1.807) is 25.1 Å². The Bertz CT molecular complexity index is 1110. The number of halogens is 2. The van der Waals surface area contributed by atoms with Gasteiger partial charge in [-0.05, 0) is 30.7 Å². The van der Waals surface area contributed by atoms with Gasteiger partial charge in [-0.3, -0.25) is 10.1 Å². The van der Waals surface area contributed by atoms with Gasteiger partial charge in [-0.25, -0.2) is 8.42 Å². The summed E-state index contributed by atoms with van der Waals surface area (Å²) in [4.78, 5) is 4.48. The maximum Gasteiger partial charge on any atom is 0.388 e. The largest absolute Gasteiger partial charge is 0.415 e. The third-order valence-corrected chi connectivity index (χ3v) is 6.67. The van der Waals surface area contributed by atoms with E-state index >= 15 is 0 Å². The lowest BCUT2D eigenvalue weighted by atomic mass is 10.1. The number of nitrogens with zero attached hydrogens (tertiary/aromatic N) is 2. The Morgan fingerprint density at radius 2 is 2.07 bits per heavy atom. The van der Waals surface area contributed by atoms with Crippen LogP contribution >= 0.6 is 0 Å². The highest BCUT2D eigenvalue weighted by Gasteiger charge is 2.34. The van der Waals surface area contributed by atoms with Crippen LogP contribution in [0.25, 0.3) is 22.2 Å². The van der Waals surface area contributed by atoms with Gasteiger partial charge in [-0.15, -0.1) is 5.10 Å². The Morgan fingerprint density at radius 1 is 1.30 bits per heavy atom. The lowest BCUT2D eigenvalue weighted by Crippen LogP contribution is -2.40. The van der Waals surface area contributed by atoms with Crippen molar-refractivity contribution in [3.8, 4) is 17.1 Å². The summed E-state index contributed by atoms with van der Waals surface area (Å²) in [6.07, 6.45) is 1.51. The molecule has 142 valence electrons. The standard InChI is InChI=1S/C17H15F2N3O4S/c1-9-6-10(2-3-13(9)27(23,24)11-7-25-8-11)15-14-12(4-5-20-15)21-22-16(14)26-17(18)19/h2-6,11,17H,7-8H2,1H3,(H,21,22). The first-order chi connectivity index (χ1) is 12.9. The predicted molar refractivity (Wildman–Crippen MR) is 92.5 cm³/mol. The number of pyridine rings is 1. The molecule has 0 aliphatic carbocycles. The number of nitrogens with one attached hydrogen (secondary N) is 1. The zero-order chi connectivity index (χ0) is 19.2. The van der Waals surface area contributed by atoms with Crippen molar-refractivity contribution < 1.29 is 26.7 Å². The fourth-order valence-electron chi connectivity index (χ4n) is 3.02. The van der Waals surface area contributed by atoms with Crippen LogP contribution in [0, 0.1) is 6.92 Å². The number of rotatable bonds is 5. The molecule has 0 unspecified atom stereocenters. The molecule has 0 amide bonds. The minimum Gasteiger partial charge on any atom is -0.415 e. The predicted octanol–water partition coefficient (Wildman–Crippen LogP) is 2.71. The normalized spacial score (nSPS) is 15.3. The Morgan fingerprint density at radius 3 is 2.70 bits per heavy atom. The van der Waals surface area contributed by atoms with Gasteiger partial charge in [0.1, 0.15) is 5.25 Å². The van der Waals surface area contributed by atoms with Gasteiger partial charge in [0.05, 0.1) is 34.7 Å². The second-order valence-corrected chi connectivity index (χ2v) is 8.37. The van der Waals surface area contributed by atoms with E-state index in [4.69, 9.17) is 4.74 Å². The number of fused-ring (bicyclic) bond motifs is 1. The van der Waals surface area contributed by atoms with Gasteiger partial charge in [0.15, 0.2) is 9.84 Å². The van der Waals surface area contributed by atoms with E-state index in [0.717, 1.165) is 0 Å². The summed E-state index contributed by atoms with van der Waals surface area (Å²) in [5, 5.41) is 6.16. The number of H-pyrrole nitrogens is 1. The second kappa shape index (κ2) is 6.54. The van der Waals surface area contributed by atoms with Crippen molar-refractivity contribution >= 4 is 20.7 Å². The first-order valence-corrected chi connectivity index (χ1v) is 9.63. The minimum atomic E-state index is -3.48. The molecular weight excluding hydrogens is 380 g/mol. The molecule has 3 aromatic rings. The minimum absolute atomic E-state index is 0.188. The van der Waals surface area contributed by atoms with Crippen molar-refractivity contribution in [2.75, 3.05) is 13.2 Å². The van der Waals surface area contributed by atoms with Crippen LogP contribution in [0.15, 0.2) is 35.4 Å². The third kappa shape index (κ3) is 3.04. The van der Waals surface area contributed by atoms with Crippen molar-refractivity contribution in [1.82, 2.24) is 15.2 Å². The molecule has 1 N–H and O–H groups in total. The number of hydrogen-bond acceptors (Lipinski definition) is 6. The molecule has 1 fully saturated rings. The van der Waals surface area contributed by atoms with E-state index in [-0.39, 0.29) is 24.0 Å². The van der Waals surface area contributed by atoms with Crippen LogP contribution in [-0.4, -0.2) is 48.7 Å². The van der Waals surface area contributed by atoms with Crippen LogP contribution in [0.5, 0.6) is 5.88 Å². The molecule has 4 rings (SSSR count). The fraction of sp³-hybridized carbons (Fsp3) is 0.294. The highest BCUT2D eigenvalue weighted by Crippen LogP contribution is 2.34. The molecule has 1 aromatic carbocycles. The Labute approximate surface area is 153 Å². The molecule has 7 nitrogen and oxygen atoms in total. The lowest BCUT2D eigenvalue weighted by Gasteiger charge is -2.26. The van der Waals surface area contributed by atoms with Gasteiger partial charge >= 0.3 is 6.61 Å². The highest BCUT2D eigenvalue weighted by atomic mass is 32.2. The third-order valence-electron chi connectivity index (χ3n) is 4.44. The summed E-state index contributed by atoms with van der Waals surface area (Å²) in [6, 6.07) is 6.35. The lowest BCUT2D eigenvalue weighted by molar-refractivity contribution is -0.0518. The van der Waals surface area contributed by atoms with Crippen molar-refractivity contribution in [2.45, 2.75) is 23.7 Å². The van der Waals surface area contributed by atoms with Crippen molar-refractivity contribution in [3.63, 3.8) is 0 Å². The van der Waals surface area contributed by atoms with Crippen LogP contribution in [0.2, 0.25) is 0 Å². The van der Waals surface area contributed by atoms with Gasteiger partial charge in [-0.2, -0.15) is 8.78 Å². The Kier molecular flexibility index (Phi) is 4.31. The summed E-state index contributed by atoms with van der Waals surface area (Å²) in [6.45, 7) is -0.966. The molecule has 0 bridgehead atoms. The monoisotopic (exact) mass is 395 g/mol. The average molecular weight is 395 g/mol. The van der Waals surface area contributed by atoms with Crippen molar-refractivity contribution in [2.24, 2.45) is 0 Å². The van der Waals surface area contributed by atoms with Crippen molar-refractivity contribution in [1.29, 1.82) is 0 Å². The molecule has 0 atom stereocenters. The molecule has 2 aromatic heterocycles. The van der Waals surface area contributed by atoms with Gasteiger partial charge in [0, 0.05) is 11.8 Å². The topological polar surface area (TPSA) is 94.2 Å². The van der Waals surface area contributed by atoms with Crippen LogP contribution in [-0.2, 0) is 14.6 Å². The molecule has 3 heterocycles. The number of aromatic amines is 1. The summed E-state index contributed by atoms with van der Waals surface area (Å²) >= 11 is 0. The maximum atomic E-state index is 12.6. The number of hydrogen-bond donors (Lipinski definition) is 1. The van der Waals surface area contributed by atoms with E-state index in [1.807, 2.05) is 0 Å². The summed E-state index contributed by atoms with van der Waals surface area (Å²) < 4.78 is 60.0. The first kappa shape index (κ1) is 17.8. The van der Waals surface area contributed by atoms with E-state index in [0.29, 0.717) is 27.7 Å². The summed E-state index contributed by atoms with van der Waals surface area (Å²) in [7, 11) is -3.48. The number of benzene rings is 1. The number of ether oxygens (including phenoxy) is 2. The van der Waals surface area contributed by atoms with Crippen LogP contribution in [0.3, 0.4) is 0 Å². The van der Waals surface area contributed by atoms with E-state index in [1.165, 1.54) is 12.3 Å². The number of sulfone groups is 1. The number of alkyl halides is 2. The Balaban J connectivity index is 1.80. The number of aryl methyl sites for hydroxylation is 1. The molecule has 27 heavy (non-hydrogen) atoms. The summed E-state index contributed by atoms with van der Waals surface area (Å²) in [5.74, 6) is -0.260. The average Bonchev–Trinajstić information content (AvgIpc) is 2.95. The molecule has 0 spiro atoms. The van der Waals surface area contributed by atoms with Gasteiger partial charge in [-0.1, -0.05) is 6.07 Å². The van der Waals surface area contributed by atoms with Gasteiger partial charge in [0.25, 0.3) is 0 Å². The molecule has 1 aliphatic heterocycles. The van der Waals surface area contributed by atoms with E-state index in [2.05, 4.69) is 19.9 Å². The molecule has 0 saturated carbocycles. The zero-order valence-corrected chi connectivity index (χ0v) is 15.0. The van der Waals surface area contributed by atoms with Crippen LogP contribution in [0.4, 0.5) is 8.78 Å². The Hall–Kier alpha value is -2.59. The number of aromatic nitrogens is 3. The summed E-state index contributed by atoms with van der Waals surface area (Å²) in [5.41, 5.74) is 1.97. The smallest absolute Gasteiger partial charge is 0.388 e. The van der Waals surface area contributed by atoms with E-state index in [9.17, 15) is 17.2 Å². The molecule has 10 heteroatoms. The molecular formula is C17H15F2N3O4S. The molecule has 1 saturated heterocycles. The maximum absolute atomic E-state index is 12.6. The fourth-order valence-corrected chi connectivity index (χ4v) is 4.69. The zero-order valence-electron chi connectivity index (χ0n) is 14.1. The van der Waals surface area contributed by atoms with Crippen molar-refractivity contribution in [3.05, 3.63) is 36.0 Å². The second-order valence-electron chi connectivity index (χ2n) is 6.17. The van der Waals surface area contributed by atoms with E-state index < -0.39 is 21.7 Å². The van der Waals surface area contributed by atoms with Gasteiger partial charge in [0.2, 0.25) is 5.88 Å². The SMILES string of the molecule is Cc1cc(-c2nccc3[nH]nc(OC(F)F)c23)ccc1S(=O)(=O)C1COC1. The quantitative estimate of drug-likeness (QED) is 0.714. The van der Waals surface area contributed by atoms with Crippen LogP contribution in [0.1, 0.15) is 5.56 Å². The highest BCUT2D eigenvalue weighted by molar-refractivity contribution is 7.92. The molecule has 1 aliphatic rings. The molecule has 0 radical (unpaired) electrons. The van der Waals surface area contributed by atoms with Gasteiger partial charge < -0.3 is 9.47 Å².